The summed E-state index contributed by atoms with van der Waals surface area (Å²) in [6.45, 7) is 2.35. The molecule has 0 amide bonds. The first-order chi connectivity index (χ1) is 4.86. The normalized spacial score (nSPS) is 43.9. The van der Waals surface area contributed by atoms with Crippen molar-refractivity contribution in [2.24, 2.45) is 17.8 Å². The van der Waals surface area contributed by atoms with Crippen LogP contribution >= 0.6 is 0 Å². The summed E-state index contributed by atoms with van der Waals surface area (Å²) in [6, 6.07) is 0. The molecular weight excluding hydrogens is 120 g/mol. The fourth-order valence-electron chi connectivity index (χ4n) is 1.96. The molecule has 0 spiro atoms. The fourth-order valence-corrected chi connectivity index (χ4v) is 1.96. The van der Waals surface area contributed by atoms with Crippen molar-refractivity contribution in [3.63, 3.8) is 0 Å². The van der Waals surface area contributed by atoms with Gasteiger partial charge in [0.05, 0.1) is 0 Å². The van der Waals surface area contributed by atoms with E-state index in [1.54, 1.807) is 0 Å². The fraction of sp³-hybridized carbons (Fsp3) is 0.600. The lowest BCUT2D eigenvalue weighted by molar-refractivity contribution is 0.421. The second-order valence-electron chi connectivity index (χ2n) is 3.59. The van der Waals surface area contributed by atoms with Gasteiger partial charge in [0.25, 0.3) is 0 Å². The average molecular weight is 134 g/mol. The van der Waals surface area contributed by atoms with E-state index >= 15 is 0 Å². The van der Waals surface area contributed by atoms with Gasteiger partial charge in [0.15, 0.2) is 0 Å². The maximum Gasteiger partial charge on any atom is -0.00477 e. The molecule has 0 aromatic carbocycles. The molecule has 3 atom stereocenters. The molecule has 0 fully saturated rings. The topological polar surface area (TPSA) is 0 Å². The Balaban J connectivity index is 2.21. The standard InChI is InChI=1S/C10H14/c1-8-3-2-4-9-5-6-10(8)7-9/h2,4-6,8-10H,3,7H2,1H3. The molecule has 0 heteroatoms. The third-order valence-corrected chi connectivity index (χ3v) is 2.77. The maximum absolute atomic E-state index is 2.40. The highest BCUT2D eigenvalue weighted by molar-refractivity contribution is 5.13. The summed E-state index contributed by atoms with van der Waals surface area (Å²) in [4.78, 5) is 0. The van der Waals surface area contributed by atoms with Crippen molar-refractivity contribution in [3.8, 4) is 0 Å². The lowest BCUT2D eigenvalue weighted by Gasteiger charge is -2.13. The van der Waals surface area contributed by atoms with Crippen LogP contribution in [0.2, 0.25) is 0 Å². The maximum atomic E-state index is 2.40. The quantitative estimate of drug-likeness (QED) is 0.447. The van der Waals surface area contributed by atoms with Gasteiger partial charge >= 0.3 is 0 Å². The molecule has 54 valence electrons. The van der Waals surface area contributed by atoms with E-state index < -0.39 is 0 Å². The van der Waals surface area contributed by atoms with Crippen molar-refractivity contribution < 1.29 is 0 Å². The number of allylic oxidation sites excluding steroid dienone is 4. The third kappa shape index (κ3) is 0.920. The lowest BCUT2D eigenvalue weighted by Crippen LogP contribution is -2.04. The molecule has 0 saturated carbocycles. The first-order valence-corrected chi connectivity index (χ1v) is 4.21. The van der Waals surface area contributed by atoms with Crippen LogP contribution in [-0.2, 0) is 0 Å². The smallest absolute Gasteiger partial charge is 0.00477 e. The van der Waals surface area contributed by atoms with Crippen LogP contribution in [0.1, 0.15) is 19.8 Å². The molecule has 0 radical (unpaired) electrons. The third-order valence-electron chi connectivity index (χ3n) is 2.77. The second-order valence-corrected chi connectivity index (χ2v) is 3.59. The SMILES string of the molecule is CC1CC=CC2C=CC1C2. The Morgan fingerprint density at radius 2 is 2.10 bits per heavy atom. The molecule has 2 aliphatic carbocycles. The summed E-state index contributed by atoms with van der Waals surface area (Å²) in [5.41, 5.74) is 0. The number of hydrogen-bond acceptors (Lipinski definition) is 0. The van der Waals surface area contributed by atoms with E-state index in [2.05, 4.69) is 31.2 Å². The van der Waals surface area contributed by atoms with Crippen LogP contribution in [0, 0.1) is 17.8 Å². The predicted molar refractivity (Wildman–Crippen MR) is 43.7 cm³/mol. The minimum atomic E-state index is 0.773. The minimum absolute atomic E-state index is 0.773. The molecule has 0 aliphatic heterocycles. The number of hydrogen-bond donors (Lipinski definition) is 0. The Hall–Kier alpha value is -0.520. The highest BCUT2D eigenvalue weighted by Gasteiger charge is 2.23. The van der Waals surface area contributed by atoms with E-state index in [0.29, 0.717) is 0 Å². The largest absolute Gasteiger partial charge is 0.0877 e. The molecule has 0 N–H and O–H groups in total. The summed E-state index contributed by atoms with van der Waals surface area (Å²) in [5.74, 6) is 2.52. The Bertz CT molecular complexity index is 176. The first kappa shape index (κ1) is 6.21. The summed E-state index contributed by atoms with van der Waals surface area (Å²) < 4.78 is 0. The van der Waals surface area contributed by atoms with Gasteiger partial charge in [-0.3, -0.25) is 0 Å². The molecule has 0 saturated heterocycles. The van der Waals surface area contributed by atoms with Crippen molar-refractivity contribution in [1.29, 1.82) is 0 Å². The van der Waals surface area contributed by atoms with Crippen LogP contribution in [0.4, 0.5) is 0 Å². The molecule has 0 aromatic heterocycles. The summed E-state index contributed by atoms with van der Waals surface area (Å²) >= 11 is 0. The Labute approximate surface area is 62.6 Å². The molecule has 2 bridgehead atoms. The Morgan fingerprint density at radius 1 is 1.20 bits per heavy atom. The van der Waals surface area contributed by atoms with Gasteiger partial charge in [-0.1, -0.05) is 31.2 Å². The van der Waals surface area contributed by atoms with E-state index in [9.17, 15) is 0 Å². The zero-order valence-corrected chi connectivity index (χ0v) is 6.46. The van der Waals surface area contributed by atoms with Gasteiger partial charge in [0.2, 0.25) is 0 Å². The van der Waals surface area contributed by atoms with Crippen LogP contribution < -0.4 is 0 Å². The highest BCUT2D eigenvalue weighted by atomic mass is 14.3. The zero-order chi connectivity index (χ0) is 6.97. The lowest BCUT2D eigenvalue weighted by atomic mass is 9.91. The zero-order valence-electron chi connectivity index (χ0n) is 6.46. The average Bonchev–Trinajstić information content (AvgIpc) is 2.27. The molecule has 10 heavy (non-hydrogen) atoms. The number of fused-ring (bicyclic) bond motifs is 2. The van der Waals surface area contributed by atoms with E-state index in [4.69, 9.17) is 0 Å². The van der Waals surface area contributed by atoms with Crippen molar-refractivity contribution in [1.82, 2.24) is 0 Å². The Kier molecular flexibility index (Phi) is 1.40. The van der Waals surface area contributed by atoms with E-state index in [1.165, 1.54) is 12.8 Å². The molecule has 0 nitrogen and oxygen atoms in total. The van der Waals surface area contributed by atoms with Gasteiger partial charge in [-0.15, -0.1) is 0 Å². The van der Waals surface area contributed by atoms with Crippen LogP contribution in [0.5, 0.6) is 0 Å². The second kappa shape index (κ2) is 2.26. The van der Waals surface area contributed by atoms with Gasteiger partial charge in [-0.2, -0.15) is 0 Å². The Morgan fingerprint density at radius 3 is 3.00 bits per heavy atom. The van der Waals surface area contributed by atoms with Gasteiger partial charge in [-0.05, 0) is 30.6 Å². The first-order valence-electron chi connectivity index (χ1n) is 4.21. The minimum Gasteiger partial charge on any atom is -0.0877 e. The molecule has 2 rings (SSSR count). The molecule has 2 aliphatic rings. The van der Waals surface area contributed by atoms with E-state index in [0.717, 1.165) is 17.8 Å². The van der Waals surface area contributed by atoms with Crippen LogP contribution in [-0.4, -0.2) is 0 Å². The summed E-state index contributed by atoms with van der Waals surface area (Å²) in [7, 11) is 0. The summed E-state index contributed by atoms with van der Waals surface area (Å²) in [5, 5.41) is 0. The van der Waals surface area contributed by atoms with Crippen LogP contribution in [0.3, 0.4) is 0 Å². The highest BCUT2D eigenvalue weighted by Crippen LogP contribution is 2.34. The van der Waals surface area contributed by atoms with Crippen molar-refractivity contribution in [2.45, 2.75) is 19.8 Å². The number of rotatable bonds is 0. The molecule has 0 heterocycles. The van der Waals surface area contributed by atoms with Crippen molar-refractivity contribution in [3.05, 3.63) is 24.3 Å². The van der Waals surface area contributed by atoms with Gasteiger partial charge in [0.1, 0.15) is 0 Å². The van der Waals surface area contributed by atoms with Crippen LogP contribution in [0.15, 0.2) is 24.3 Å². The van der Waals surface area contributed by atoms with E-state index in [1.807, 2.05) is 0 Å². The summed E-state index contributed by atoms with van der Waals surface area (Å²) in [6.07, 6.45) is 12.1. The van der Waals surface area contributed by atoms with Gasteiger partial charge in [0, 0.05) is 0 Å². The van der Waals surface area contributed by atoms with Crippen LogP contribution in [0.25, 0.3) is 0 Å². The molecule has 0 aromatic rings. The van der Waals surface area contributed by atoms with Gasteiger partial charge in [-0.25, -0.2) is 0 Å². The molecule has 3 unspecified atom stereocenters. The van der Waals surface area contributed by atoms with Crippen molar-refractivity contribution in [2.75, 3.05) is 0 Å². The molecular formula is C10H14. The van der Waals surface area contributed by atoms with E-state index in [-0.39, 0.29) is 0 Å². The monoisotopic (exact) mass is 134 g/mol. The predicted octanol–water partition coefficient (Wildman–Crippen LogP) is 2.77. The van der Waals surface area contributed by atoms with Gasteiger partial charge < -0.3 is 0 Å². The van der Waals surface area contributed by atoms with Crippen molar-refractivity contribution >= 4 is 0 Å².